The Morgan fingerprint density at radius 3 is 2.33 bits per heavy atom. The number of fused-ring (bicyclic) bond motifs is 1. The third-order valence-electron chi connectivity index (χ3n) is 4.22. The van der Waals surface area contributed by atoms with Crippen LogP contribution in [0.5, 0.6) is 11.5 Å². The van der Waals surface area contributed by atoms with Crippen molar-refractivity contribution in [3.8, 4) is 11.5 Å². The van der Waals surface area contributed by atoms with E-state index < -0.39 is 6.10 Å². The van der Waals surface area contributed by atoms with E-state index in [1.54, 1.807) is 0 Å². The molecule has 4 nitrogen and oxygen atoms in total. The van der Waals surface area contributed by atoms with E-state index in [1.807, 2.05) is 18.2 Å². The Kier molecular flexibility index (Phi) is 4.69. The van der Waals surface area contributed by atoms with Gasteiger partial charge in [-0.15, -0.1) is 0 Å². The summed E-state index contributed by atoms with van der Waals surface area (Å²) in [6, 6.07) is 18.6. The van der Waals surface area contributed by atoms with Crippen molar-refractivity contribution in [2.24, 2.45) is 0 Å². The van der Waals surface area contributed by atoms with Gasteiger partial charge in [0.2, 0.25) is 0 Å². The number of aromatic hydroxyl groups is 2. The summed E-state index contributed by atoms with van der Waals surface area (Å²) in [5.74, 6) is -0.127. The highest BCUT2D eigenvalue weighted by atomic mass is 16.3. The van der Waals surface area contributed by atoms with Crippen molar-refractivity contribution in [1.82, 2.24) is 5.32 Å². The first-order chi connectivity index (χ1) is 11.5. The van der Waals surface area contributed by atoms with Crippen LogP contribution in [0.4, 0.5) is 0 Å². The van der Waals surface area contributed by atoms with Gasteiger partial charge in [-0.05, 0) is 41.0 Å². The lowest BCUT2D eigenvalue weighted by atomic mass is 9.99. The summed E-state index contributed by atoms with van der Waals surface area (Å²) >= 11 is 0. The molecule has 24 heavy (non-hydrogen) atoms. The van der Waals surface area contributed by atoms with E-state index in [1.165, 1.54) is 34.5 Å². The summed E-state index contributed by atoms with van der Waals surface area (Å²) in [5, 5.41) is 35.0. The van der Waals surface area contributed by atoms with E-state index in [9.17, 15) is 15.3 Å². The summed E-state index contributed by atoms with van der Waals surface area (Å²) in [5.41, 5.74) is 1.64. The molecule has 0 radical (unpaired) electrons. The maximum atomic E-state index is 10.3. The molecule has 0 bridgehead atoms. The fraction of sp³-hybridized carbons (Fsp3) is 0.200. The quantitative estimate of drug-likeness (QED) is 0.578. The molecule has 0 aliphatic heterocycles. The fourth-order valence-corrected chi connectivity index (χ4v) is 2.95. The Morgan fingerprint density at radius 2 is 1.58 bits per heavy atom. The Bertz CT molecular complexity index is 822. The topological polar surface area (TPSA) is 72.7 Å². The lowest BCUT2D eigenvalue weighted by Gasteiger charge is -2.19. The summed E-state index contributed by atoms with van der Waals surface area (Å²) in [6.07, 6.45) is -0.819. The van der Waals surface area contributed by atoms with Crippen molar-refractivity contribution in [2.45, 2.75) is 19.1 Å². The first kappa shape index (κ1) is 16.3. The number of phenols is 2. The molecule has 0 heterocycles. The standard InChI is InChI=1S/C20H21NO3/c1-13(18-8-4-6-14-5-2-3-7-19(14)18)21-12-20(24)15-9-16(22)11-17(23)10-15/h2-11,13,20-24H,12H2,1H3/t13-,20-/m0/s1. The van der Waals surface area contributed by atoms with Crippen LogP contribution < -0.4 is 5.32 Å². The highest BCUT2D eigenvalue weighted by molar-refractivity contribution is 5.86. The van der Waals surface area contributed by atoms with Crippen LogP contribution in [0.2, 0.25) is 0 Å². The fourth-order valence-electron chi connectivity index (χ4n) is 2.95. The smallest absolute Gasteiger partial charge is 0.119 e. The summed E-state index contributed by atoms with van der Waals surface area (Å²) in [6.45, 7) is 2.36. The molecule has 3 aromatic rings. The molecule has 124 valence electrons. The number of hydrogen-bond donors (Lipinski definition) is 4. The van der Waals surface area contributed by atoms with Crippen molar-refractivity contribution in [3.05, 3.63) is 71.8 Å². The first-order valence-electron chi connectivity index (χ1n) is 7.96. The molecule has 0 aliphatic carbocycles. The van der Waals surface area contributed by atoms with Crippen LogP contribution in [0, 0.1) is 0 Å². The zero-order chi connectivity index (χ0) is 17.1. The molecule has 0 saturated carbocycles. The first-order valence-corrected chi connectivity index (χ1v) is 7.96. The number of aliphatic hydroxyl groups is 1. The Hall–Kier alpha value is -2.56. The van der Waals surface area contributed by atoms with Gasteiger partial charge in [0.1, 0.15) is 11.5 Å². The predicted octanol–water partition coefficient (Wildman–Crippen LogP) is 3.64. The van der Waals surface area contributed by atoms with Crippen molar-refractivity contribution in [1.29, 1.82) is 0 Å². The van der Waals surface area contributed by atoms with Crippen molar-refractivity contribution >= 4 is 10.8 Å². The van der Waals surface area contributed by atoms with E-state index in [2.05, 4.69) is 36.5 Å². The molecule has 3 rings (SSSR count). The van der Waals surface area contributed by atoms with Gasteiger partial charge >= 0.3 is 0 Å². The number of aliphatic hydroxyl groups excluding tert-OH is 1. The predicted molar refractivity (Wildman–Crippen MR) is 95.1 cm³/mol. The summed E-state index contributed by atoms with van der Waals surface area (Å²) in [7, 11) is 0. The second-order valence-corrected chi connectivity index (χ2v) is 6.00. The third kappa shape index (κ3) is 3.50. The van der Waals surface area contributed by atoms with E-state index >= 15 is 0 Å². The molecule has 0 aliphatic rings. The number of phenolic OH excluding ortho intramolecular Hbond substituents is 2. The van der Waals surface area contributed by atoms with Crippen LogP contribution in [0.3, 0.4) is 0 Å². The number of rotatable bonds is 5. The molecular weight excluding hydrogens is 302 g/mol. The maximum Gasteiger partial charge on any atom is 0.119 e. The van der Waals surface area contributed by atoms with Gasteiger partial charge in [-0.1, -0.05) is 42.5 Å². The maximum absolute atomic E-state index is 10.3. The van der Waals surface area contributed by atoms with Crippen LogP contribution in [0.15, 0.2) is 60.7 Å². The minimum absolute atomic E-state index is 0.0525. The van der Waals surface area contributed by atoms with Gasteiger partial charge in [0.25, 0.3) is 0 Å². The lowest BCUT2D eigenvalue weighted by Crippen LogP contribution is -2.24. The molecule has 0 spiro atoms. The molecule has 0 saturated heterocycles. The number of nitrogens with one attached hydrogen (secondary N) is 1. The monoisotopic (exact) mass is 323 g/mol. The van der Waals surface area contributed by atoms with Crippen molar-refractivity contribution in [2.75, 3.05) is 6.54 Å². The van der Waals surface area contributed by atoms with E-state index in [4.69, 9.17) is 0 Å². The third-order valence-corrected chi connectivity index (χ3v) is 4.22. The van der Waals surface area contributed by atoms with Crippen molar-refractivity contribution in [3.63, 3.8) is 0 Å². The molecule has 3 aromatic carbocycles. The molecule has 0 unspecified atom stereocenters. The zero-order valence-electron chi connectivity index (χ0n) is 13.5. The minimum atomic E-state index is -0.819. The highest BCUT2D eigenvalue weighted by Crippen LogP contribution is 2.27. The second-order valence-electron chi connectivity index (χ2n) is 6.00. The number of benzene rings is 3. The Balaban J connectivity index is 1.73. The number of hydrogen-bond acceptors (Lipinski definition) is 4. The summed E-state index contributed by atoms with van der Waals surface area (Å²) < 4.78 is 0. The van der Waals surface area contributed by atoms with Gasteiger partial charge in [0.05, 0.1) is 6.10 Å². The molecule has 4 heteroatoms. The normalized spacial score (nSPS) is 13.8. The van der Waals surface area contributed by atoms with Crippen LogP contribution in [-0.4, -0.2) is 21.9 Å². The Morgan fingerprint density at radius 1 is 0.917 bits per heavy atom. The SMILES string of the molecule is C[C@H](NC[C@H](O)c1cc(O)cc(O)c1)c1cccc2ccccc12. The van der Waals surface area contributed by atoms with Gasteiger partial charge in [-0.3, -0.25) is 0 Å². The molecule has 0 aromatic heterocycles. The van der Waals surface area contributed by atoms with Crippen LogP contribution in [0.25, 0.3) is 10.8 Å². The summed E-state index contributed by atoms with van der Waals surface area (Å²) in [4.78, 5) is 0. The van der Waals surface area contributed by atoms with Gasteiger partial charge in [-0.2, -0.15) is 0 Å². The zero-order valence-corrected chi connectivity index (χ0v) is 13.5. The lowest BCUT2D eigenvalue weighted by molar-refractivity contribution is 0.170. The van der Waals surface area contributed by atoms with Crippen LogP contribution >= 0.6 is 0 Å². The van der Waals surface area contributed by atoms with Crippen LogP contribution in [0.1, 0.15) is 30.2 Å². The highest BCUT2D eigenvalue weighted by Gasteiger charge is 2.13. The van der Waals surface area contributed by atoms with Gasteiger partial charge < -0.3 is 20.6 Å². The van der Waals surface area contributed by atoms with Gasteiger partial charge in [-0.25, -0.2) is 0 Å². The minimum Gasteiger partial charge on any atom is -0.508 e. The molecule has 0 fully saturated rings. The molecule has 0 amide bonds. The Labute approximate surface area is 141 Å². The molecule has 2 atom stereocenters. The van der Waals surface area contributed by atoms with E-state index in [0.717, 1.165) is 0 Å². The second kappa shape index (κ2) is 6.91. The van der Waals surface area contributed by atoms with E-state index in [-0.39, 0.29) is 17.5 Å². The van der Waals surface area contributed by atoms with Gasteiger partial charge in [0.15, 0.2) is 0 Å². The molecule has 4 N–H and O–H groups in total. The largest absolute Gasteiger partial charge is 0.508 e. The van der Waals surface area contributed by atoms with E-state index in [0.29, 0.717) is 12.1 Å². The average Bonchev–Trinajstić information content (AvgIpc) is 2.58. The van der Waals surface area contributed by atoms with Crippen LogP contribution in [-0.2, 0) is 0 Å². The van der Waals surface area contributed by atoms with Crippen molar-refractivity contribution < 1.29 is 15.3 Å². The average molecular weight is 323 g/mol. The molecular formula is C20H21NO3. The van der Waals surface area contributed by atoms with Gasteiger partial charge in [0, 0.05) is 18.7 Å².